The van der Waals surface area contributed by atoms with Gasteiger partial charge in [0.2, 0.25) is 5.91 Å². The van der Waals surface area contributed by atoms with E-state index in [0.29, 0.717) is 6.42 Å². The second-order valence-corrected chi connectivity index (χ2v) is 8.62. The van der Waals surface area contributed by atoms with Gasteiger partial charge in [0.05, 0.1) is 24.9 Å². The van der Waals surface area contributed by atoms with E-state index in [1.165, 1.54) is 5.56 Å². The molecule has 0 radical (unpaired) electrons. The lowest BCUT2D eigenvalue weighted by molar-refractivity contribution is -0.153. The molecule has 4 atom stereocenters. The largest absolute Gasteiger partial charge is 0.394 e. The standard InChI is InChI=1S/C24H29NO4/c1-24(2)25(22-20-11-7-6-10-17(20)14-21(22)29-24)23(28)18(13-19(27)15-26)12-16-8-4-3-5-9-16/h3-11,18-19,21-22,26-27H,12-15H2,1-2H3/t18-,19+,21-,22+/m1/s1. The third kappa shape index (κ3) is 3.82. The summed E-state index contributed by atoms with van der Waals surface area (Å²) < 4.78 is 6.31. The number of aliphatic hydroxyl groups excluding tert-OH is 2. The molecule has 1 heterocycles. The number of hydrogen-bond donors (Lipinski definition) is 2. The molecule has 2 aromatic rings. The minimum atomic E-state index is -0.925. The molecule has 0 spiro atoms. The molecule has 1 aliphatic heterocycles. The molecule has 0 aromatic heterocycles. The highest BCUT2D eigenvalue weighted by Gasteiger charge is 2.54. The van der Waals surface area contributed by atoms with Crippen molar-refractivity contribution in [2.24, 2.45) is 5.92 Å². The summed E-state index contributed by atoms with van der Waals surface area (Å²) in [6.07, 6.45) is 0.562. The third-order valence-electron chi connectivity index (χ3n) is 6.12. The lowest BCUT2D eigenvalue weighted by Crippen LogP contribution is -2.48. The fourth-order valence-electron chi connectivity index (χ4n) is 4.88. The van der Waals surface area contributed by atoms with E-state index in [0.717, 1.165) is 17.5 Å². The van der Waals surface area contributed by atoms with Crippen LogP contribution >= 0.6 is 0 Å². The molecule has 2 aliphatic rings. The van der Waals surface area contributed by atoms with Gasteiger partial charge in [-0.3, -0.25) is 4.79 Å². The lowest BCUT2D eigenvalue weighted by Gasteiger charge is -2.37. The fourth-order valence-corrected chi connectivity index (χ4v) is 4.88. The molecule has 0 bridgehead atoms. The van der Waals surface area contributed by atoms with E-state index in [2.05, 4.69) is 12.1 Å². The van der Waals surface area contributed by atoms with Gasteiger partial charge in [0.1, 0.15) is 5.72 Å². The van der Waals surface area contributed by atoms with Crippen molar-refractivity contribution in [1.29, 1.82) is 0 Å². The normalized spacial score (nSPS) is 24.1. The first-order valence-corrected chi connectivity index (χ1v) is 10.3. The van der Waals surface area contributed by atoms with Crippen molar-refractivity contribution in [3.05, 3.63) is 71.3 Å². The number of benzene rings is 2. The molecule has 154 valence electrons. The van der Waals surface area contributed by atoms with Crippen LogP contribution in [0.4, 0.5) is 0 Å². The molecular weight excluding hydrogens is 366 g/mol. The molecule has 1 amide bonds. The van der Waals surface area contributed by atoms with Gasteiger partial charge in [-0.2, -0.15) is 0 Å². The van der Waals surface area contributed by atoms with Crippen LogP contribution in [-0.4, -0.2) is 45.6 Å². The molecule has 1 saturated heterocycles. The van der Waals surface area contributed by atoms with E-state index in [1.54, 1.807) is 0 Å². The van der Waals surface area contributed by atoms with Gasteiger partial charge in [0.15, 0.2) is 0 Å². The average molecular weight is 395 g/mol. The maximum atomic E-state index is 13.8. The summed E-state index contributed by atoms with van der Waals surface area (Å²) >= 11 is 0. The van der Waals surface area contributed by atoms with Crippen LogP contribution in [0, 0.1) is 5.92 Å². The summed E-state index contributed by atoms with van der Waals surface area (Å²) in [5, 5.41) is 19.5. The van der Waals surface area contributed by atoms with Crippen molar-refractivity contribution in [1.82, 2.24) is 4.90 Å². The minimum Gasteiger partial charge on any atom is -0.394 e. The van der Waals surface area contributed by atoms with Gasteiger partial charge in [0, 0.05) is 12.3 Å². The van der Waals surface area contributed by atoms with E-state index in [4.69, 9.17) is 4.74 Å². The molecule has 2 aromatic carbocycles. The molecule has 5 nitrogen and oxygen atoms in total. The molecule has 0 saturated carbocycles. The number of nitrogens with zero attached hydrogens (tertiary/aromatic N) is 1. The first-order chi connectivity index (χ1) is 13.9. The summed E-state index contributed by atoms with van der Waals surface area (Å²) in [5.41, 5.74) is 2.69. The number of ether oxygens (including phenoxy) is 1. The molecule has 1 aliphatic carbocycles. The number of carbonyl (C=O) groups is 1. The molecule has 0 unspecified atom stereocenters. The van der Waals surface area contributed by atoms with Crippen molar-refractivity contribution >= 4 is 5.91 Å². The molecule has 4 rings (SSSR count). The van der Waals surface area contributed by atoms with Gasteiger partial charge in [-0.15, -0.1) is 0 Å². The van der Waals surface area contributed by atoms with Crippen LogP contribution in [-0.2, 0) is 22.4 Å². The average Bonchev–Trinajstić information content (AvgIpc) is 3.17. The molecule has 29 heavy (non-hydrogen) atoms. The fraction of sp³-hybridized carbons (Fsp3) is 0.458. The highest BCUT2D eigenvalue weighted by atomic mass is 16.5. The Morgan fingerprint density at radius 1 is 1.17 bits per heavy atom. The Labute approximate surface area is 171 Å². The highest BCUT2D eigenvalue weighted by Crippen LogP contribution is 2.49. The van der Waals surface area contributed by atoms with Crippen LogP contribution in [0.2, 0.25) is 0 Å². The Bertz CT molecular complexity index is 866. The van der Waals surface area contributed by atoms with Crippen LogP contribution in [0.3, 0.4) is 0 Å². The Balaban J connectivity index is 1.66. The number of fused-ring (bicyclic) bond motifs is 3. The van der Waals surface area contributed by atoms with Crippen LogP contribution in [0.5, 0.6) is 0 Å². The predicted molar refractivity (Wildman–Crippen MR) is 110 cm³/mol. The monoisotopic (exact) mass is 395 g/mol. The summed E-state index contributed by atoms with van der Waals surface area (Å²) in [7, 11) is 0. The maximum absolute atomic E-state index is 13.8. The number of rotatable bonds is 6. The third-order valence-corrected chi connectivity index (χ3v) is 6.12. The second kappa shape index (κ2) is 7.90. The molecule has 5 heteroatoms. The van der Waals surface area contributed by atoms with Gasteiger partial charge >= 0.3 is 0 Å². The van der Waals surface area contributed by atoms with Gasteiger partial charge in [-0.25, -0.2) is 0 Å². The SMILES string of the molecule is CC1(C)O[C@@H]2Cc3ccccc3[C@@H]2N1C(=O)[C@H](Cc1ccccc1)C[C@H](O)CO. The Kier molecular flexibility index (Phi) is 5.47. The zero-order chi connectivity index (χ0) is 20.6. The second-order valence-electron chi connectivity index (χ2n) is 8.62. The van der Waals surface area contributed by atoms with E-state index in [9.17, 15) is 15.0 Å². The Hall–Kier alpha value is -2.21. The smallest absolute Gasteiger partial charge is 0.228 e. The lowest BCUT2D eigenvalue weighted by atomic mass is 9.90. The van der Waals surface area contributed by atoms with Crippen molar-refractivity contribution in [3.8, 4) is 0 Å². The Morgan fingerprint density at radius 3 is 2.59 bits per heavy atom. The van der Waals surface area contributed by atoms with Gasteiger partial charge in [-0.05, 0) is 43.4 Å². The molecular formula is C24H29NO4. The summed E-state index contributed by atoms with van der Waals surface area (Å²) in [4.78, 5) is 15.7. The van der Waals surface area contributed by atoms with Gasteiger partial charge in [0.25, 0.3) is 0 Å². The summed E-state index contributed by atoms with van der Waals surface area (Å²) in [6.45, 7) is 3.52. The van der Waals surface area contributed by atoms with Crippen LogP contribution in [0.25, 0.3) is 0 Å². The van der Waals surface area contributed by atoms with E-state index in [1.807, 2.05) is 61.2 Å². The van der Waals surface area contributed by atoms with Crippen LogP contribution in [0.15, 0.2) is 54.6 Å². The van der Waals surface area contributed by atoms with Gasteiger partial charge in [-0.1, -0.05) is 54.6 Å². The Morgan fingerprint density at radius 2 is 1.86 bits per heavy atom. The van der Waals surface area contributed by atoms with Crippen molar-refractivity contribution in [2.75, 3.05) is 6.61 Å². The predicted octanol–water partition coefficient (Wildman–Crippen LogP) is 2.85. The summed E-state index contributed by atoms with van der Waals surface area (Å²) in [5.74, 6) is -0.468. The molecule has 2 N–H and O–H groups in total. The number of carbonyl (C=O) groups excluding carboxylic acids is 1. The van der Waals surface area contributed by atoms with Crippen molar-refractivity contribution in [2.45, 2.75) is 57.1 Å². The first kappa shape index (κ1) is 20.1. The highest BCUT2D eigenvalue weighted by molar-refractivity contribution is 5.81. The van der Waals surface area contributed by atoms with Crippen molar-refractivity contribution < 1.29 is 19.7 Å². The zero-order valence-corrected chi connectivity index (χ0v) is 17.0. The number of aliphatic hydroxyl groups is 2. The minimum absolute atomic E-state index is 0.0319. The maximum Gasteiger partial charge on any atom is 0.228 e. The van der Waals surface area contributed by atoms with Crippen LogP contribution in [0.1, 0.15) is 43.0 Å². The van der Waals surface area contributed by atoms with E-state index < -0.39 is 17.7 Å². The molecule has 1 fully saturated rings. The van der Waals surface area contributed by atoms with E-state index in [-0.39, 0.29) is 31.1 Å². The van der Waals surface area contributed by atoms with E-state index >= 15 is 0 Å². The summed E-state index contributed by atoms with van der Waals surface area (Å²) in [6, 6.07) is 17.9. The zero-order valence-electron chi connectivity index (χ0n) is 17.0. The first-order valence-electron chi connectivity index (χ1n) is 10.3. The quantitative estimate of drug-likeness (QED) is 0.789. The topological polar surface area (TPSA) is 70.0 Å². The van der Waals surface area contributed by atoms with Crippen LogP contribution < -0.4 is 0 Å². The number of amides is 1. The van der Waals surface area contributed by atoms with Crippen molar-refractivity contribution in [3.63, 3.8) is 0 Å². The number of hydrogen-bond acceptors (Lipinski definition) is 4. The van der Waals surface area contributed by atoms with Gasteiger partial charge < -0.3 is 19.8 Å².